The molecule has 1 fully saturated rings. The molecule has 0 aliphatic carbocycles. The number of aryl methyl sites for hydroxylation is 1. The predicted octanol–water partition coefficient (Wildman–Crippen LogP) is 3.44. The summed E-state index contributed by atoms with van der Waals surface area (Å²) in [6, 6.07) is 10.7. The molecule has 0 spiro atoms. The smallest absolute Gasteiger partial charge is 0.261 e. The molecular formula is C21H21F2N5O3S. The summed E-state index contributed by atoms with van der Waals surface area (Å²) in [4.78, 5) is 10.7. The zero-order chi connectivity index (χ0) is 22.7. The largest absolute Gasteiger partial charge is 0.378 e. The highest BCUT2D eigenvalue weighted by atomic mass is 32.2. The molecule has 0 bridgehead atoms. The fraction of sp³-hybridized carbons (Fsp3) is 0.238. The summed E-state index contributed by atoms with van der Waals surface area (Å²) < 4.78 is 59.0. The summed E-state index contributed by atoms with van der Waals surface area (Å²) in [5.41, 5.74) is 1.72. The number of nitrogens with one attached hydrogen (secondary N) is 2. The molecule has 4 rings (SSSR count). The second kappa shape index (κ2) is 9.05. The normalized spacial score (nSPS) is 14.3. The van der Waals surface area contributed by atoms with Crippen LogP contribution < -0.4 is 14.9 Å². The number of aromatic nitrogens is 2. The standard InChI is InChI=1S/C21H21F2N5O3S/c1-14-12-20(28-8-10-31-11-9-28)26-21(24-14)25-15-2-4-16(5-3-15)27-32(29,30)17-6-7-18(22)19(23)13-17/h2-7,12-13,27H,8-11H2,1H3,(H,24,25,26). The Morgan fingerprint density at radius 1 is 0.938 bits per heavy atom. The van der Waals surface area contributed by atoms with Crippen LogP contribution in [0.5, 0.6) is 0 Å². The molecule has 2 aromatic carbocycles. The molecule has 11 heteroatoms. The molecule has 0 amide bonds. The van der Waals surface area contributed by atoms with Gasteiger partial charge in [-0.1, -0.05) is 0 Å². The van der Waals surface area contributed by atoms with Crippen molar-refractivity contribution in [2.75, 3.05) is 41.2 Å². The molecule has 0 unspecified atom stereocenters. The van der Waals surface area contributed by atoms with Crippen LogP contribution in [0.1, 0.15) is 5.69 Å². The van der Waals surface area contributed by atoms with Gasteiger partial charge in [-0.15, -0.1) is 0 Å². The lowest BCUT2D eigenvalue weighted by Gasteiger charge is -2.28. The van der Waals surface area contributed by atoms with Crippen molar-refractivity contribution in [2.24, 2.45) is 0 Å². The average molecular weight is 461 g/mol. The van der Waals surface area contributed by atoms with E-state index < -0.39 is 21.7 Å². The van der Waals surface area contributed by atoms with E-state index in [-0.39, 0.29) is 10.6 Å². The first-order chi connectivity index (χ1) is 15.3. The minimum absolute atomic E-state index is 0.263. The molecule has 0 atom stereocenters. The lowest BCUT2D eigenvalue weighted by atomic mass is 10.3. The molecule has 1 aromatic heterocycles. The third-order valence-corrected chi connectivity index (χ3v) is 6.15. The molecule has 32 heavy (non-hydrogen) atoms. The Morgan fingerprint density at radius 3 is 2.31 bits per heavy atom. The molecule has 8 nitrogen and oxygen atoms in total. The maximum Gasteiger partial charge on any atom is 0.261 e. The number of morpholine rings is 1. The van der Waals surface area contributed by atoms with E-state index in [1.165, 1.54) is 0 Å². The van der Waals surface area contributed by atoms with E-state index in [1.54, 1.807) is 24.3 Å². The van der Waals surface area contributed by atoms with E-state index in [2.05, 4.69) is 24.9 Å². The van der Waals surface area contributed by atoms with Crippen molar-refractivity contribution in [1.82, 2.24) is 9.97 Å². The van der Waals surface area contributed by atoms with E-state index in [4.69, 9.17) is 4.74 Å². The number of nitrogens with zero attached hydrogens (tertiary/aromatic N) is 3. The van der Waals surface area contributed by atoms with Crippen LogP contribution in [0.4, 0.5) is 31.9 Å². The quantitative estimate of drug-likeness (QED) is 0.581. The van der Waals surface area contributed by atoms with Crippen LogP contribution in [0, 0.1) is 18.6 Å². The van der Waals surface area contributed by atoms with Gasteiger partial charge in [0.15, 0.2) is 11.6 Å². The number of anilines is 4. The number of rotatable bonds is 6. The van der Waals surface area contributed by atoms with Crippen LogP contribution in [0.15, 0.2) is 53.4 Å². The Hall–Kier alpha value is -3.31. The number of sulfonamides is 1. The van der Waals surface area contributed by atoms with Gasteiger partial charge in [0.2, 0.25) is 5.95 Å². The molecule has 2 heterocycles. The minimum atomic E-state index is -4.07. The fourth-order valence-electron chi connectivity index (χ4n) is 3.17. The summed E-state index contributed by atoms with van der Waals surface area (Å²) in [7, 11) is -4.07. The van der Waals surface area contributed by atoms with Crippen LogP contribution in [0.2, 0.25) is 0 Å². The van der Waals surface area contributed by atoms with E-state index in [9.17, 15) is 17.2 Å². The maximum absolute atomic E-state index is 13.4. The molecule has 0 radical (unpaired) electrons. The first-order valence-corrected chi connectivity index (χ1v) is 11.3. The highest BCUT2D eigenvalue weighted by molar-refractivity contribution is 7.92. The second-order valence-corrected chi connectivity index (χ2v) is 8.86. The first-order valence-electron chi connectivity index (χ1n) is 9.83. The van der Waals surface area contributed by atoms with Gasteiger partial charge >= 0.3 is 0 Å². The van der Waals surface area contributed by atoms with Gasteiger partial charge in [-0.3, -0.25) is 4.72 Å². The minimum Gasteiger partial charge on any atom is -0.378 e. The van der Waals surface area contributed by atoms with Gasteiger partial charge in [-0.2, -0.15) is 4.98 Å². The number of hydrogen-bond donors (Lipinski definition) is 2. The summed E-state index contributed by atoms with van der Waals surface area (Å²) >= 11 is 0. The van der Waals surface area contributed by atoms with E-state index in [0.29, 0.717) is 30.9 Å². The number of hydrogen-bond acceptors (Lipinski definition) is 7. The SMILES string of the molecule is Cc1cc(N2CCOCC2)nc(Nc2ccc(NS(=O)(=O)c3ccc(F)c(F)c3)cc2)n1. The Kier molecular flexibility index (Phi) is 6.19. The van der Waals surface area contributed by atoms with Gasteiger partial charge in [0.1, 0.15) is 5.82 Å². The molecule has 1 aliphatic heterocycles. The van der Waals surface area contributed by atoms with Gasteiger partial charge in [0, 0.05) is 36.2 Å². The van der Waals surface area contributed by atoms with E-state index in [0.717, 1.165) is 36.7 Å². The maximum atomic E-state index is 13.4. The number of ether oxygens (including phenoxy) is 1. The van der Waals surface area contributed by atoms with Gasteiger partial charge in [0.25, 0.3) is 10.0 Å². The average Bonchev–Trinajstić information content (AvgIpc) is 2.77. The molecule has 3 aromatic rings. The van der Waals surface area contributed by atoms with Gasteiger partial charge in [0.05, 0.1) is 18.1 Å². The summed E-state index contributed by atoms with van der Waals surface area (Å²) in [6.45, 7) is 4.68. The molecule has 1 aliphatic rings. The van der Waals surface area contributed by atoms with E-state index >= 15 is 0 Å². The van der Waals surface area contributed by atoms with Gasteiger partial charge < -0.3 is 15.0 Å². The molecular weight excluding hydrogens is 440 g/mol. The molecule has 0 saturated carbocycles. The van der Waals surface area contributed by atoms with Crippen molar-refractivity contribution in [1.29, 1.82) is 0 Å². The predicted molar refractivity (Wildman–Crippen MR) is 117 cm³/mol. The first kappa shape index (κ1) is 21.9. The topological polar surface area (TPSA) is 96.5 Å². The molecule has 1 saturated heterocycles. The third kappa shape index (κ3) is 5.11. The van der Waals surface area contributed by atoms with Crippen molar-refractivity contribution in [3.8, 4) is 0 Å². The second-order valence-electron chi connectivity index (χ2n) is 7.17. The van der Waals surface area contributed by atoms with Crippen molar-refractivity contribution in [3.05, 3.63) is 65.9 Å². The lowest BCUT2D eigenvalue weighted by Crippen LogP contribution is -2.36. The summed E-state index contributed by atoms with van der Waals surface area (Å²) in [6.07, 6.45) is 0. The number of benzene rings is 2. The van der Waals surface area contributed by atoms with Crippen molar-refractivity contribution < 1.29 is 21.9 Å². The third-order valence-electron chi connectivity index (χ3n) is 4.77. The summed E-state index contributed by atoms with van der Waals surface area (Å²) in [5, 5.41) is 3.11. The summed E-state index contributed by atoms with van der Waals surface area (Å²) in [5.74, 6) is -1.13. The van der Waals surface area contributed by atoms with Crippen LogP contribution in [0.25, 0.3) is 0 Å². The Labute approximate surface area is 184 Å². The lowest BCUT2D eigenvalue weighted by molar-refractivity contribution is 0.122. The number of halogens is 2. The zero-order valence-corrected chi connectivity index (χ0v) is 18.0. The van der Waals surface area contributed by atoms with Crippen LogP contribution in [-0.4, -0.2) is 44.7 Å². The van der Waals surface area contributed by atoms with Crippen LogP contribution in [-0.2, 0) is 14.8 Å². The van der Waals surface area contributed by atoms with Crippen molar-refractivity contribution in [3.63, 3.8) is 0 Å². The van der Waals surface area contributed by atoms with Crippen LogP contribution >= 0.6 is 0 Å². The fourth-order valence-corrected chi connectivity index (χ4v) is 4.24. The van der Waals surface area contributed by atoms with Gasteiger partial charge in [-0.05, 0) is 49.4 Å². The Balaban J connectivity index is 1.47. The van der Waals surface area contributed by atoms with Gasteiger partial charge in [-0.25, -0.2) is 22.2 Å². The van der Waals surface area contributed by atoms with Crippen LogP contribution in [0.3, 0.4) is 0 Å². The molecule has 168 valence electrons. The Bertz CT molecular complexity index is 1220. The Morgan fingerprint density at radius 2 is 1.62 bits per heavy atom. The van der Waals surface area contributed by atoms with Crippen molar-refractivity contribution >= 4 is 33.2 Å². The highest BCUT2D eigenvalue weighted by Crippen LogP contribution is 2.23. The molecule has 2 N–H and O–H groups in total. The monoisotopic (exact) mass is 461 g/mol. The highest BCUT2D eigenvalue weighted by Gasteiger charge is 2.17. The van der Waals surface area contributed by atoms with E-state index in [1.807, 2.05) is 13.0 Å². The zero-order valence-electron chi connectivity index (χ0n) is 17.2. The van der Waals surface area contributed by atoms with Crippen molar-refractivity contribution in [2.45, 2.75) is 11.8 Å².